The van der Waals surface area contributed by atoms with Gasteiger partial charge >= 0.3 is 0 Å². The van der Waals surface area contributed by atoms with Crippen molar-refractivity contribution in [3.05, 3.63) is 12.7 Å². The fourth-order valence-electron chi connectivity index (χ4n) is 1.14. The zero-order valence-corrected chi connectivity index (χ0v) is 7.51. The van der Waals surface area contributed by atoms with E-state index in [0.29, 0.717) is 17.2 Å². The Morgan fingerprint density at radius 1 is 1.70 bits per heavy atom. The van der Waals surface area contributed by atoms with Crippen molar-refractivity contribution < 1.29 is 4.89 Å². The molecule has 0 spiro atoms. The summed E-state index contributed by atoms with van der Waals surface area (Å²) in [5.41, 5.74) is 1.04. The molecule has 0 aromatic carbocycles. The van der Waals surface area contributed by atoms with E-state index in [9.17, 15) is 4.89 Å². The second kappa shape index (κ2) is 3.02. The van der Waals surface area contributed by atoms with Crippen LogP contribution in [0, 0.1) is 5.92 Å². The van der Waals surface area contributed by atoms with E-state index < -0.39 is 8.15 Å². The van der Waals surface area contributed by atoms with Crippen molar-refractivity contribution in [2.24, 2.45) is 5.92 Å². The second-order valence-electron chi connectivity index (χ2n) is 3.18. The van der Waals surface area contributed by atoms with Gasteiger partial charge in [0.25, 0.3) is 0 Å². The van der Waals surface area contributed by atoms with Crippen molar-refractivity contribution in [1.29, 1.82) is 0 Å². The minimum atomic E-state index is -0.704. The van der Waals surface area contributed by atoms with Crippen molar-refractivity contribution in [3.63, 3.8) is 0 Å². The van der Waals surface area contributed by atoms with Gasteiger partial charge in [-0.3, -0.25) is 0 Å². The van der Waals surface area contributed by atoms with Crippen molar-refractivity contribution in [2.75, 3.05) is 0 Å². The van der Waals surface area contributed by atoms with E-state index >= 15 is 0 Å². The molecule has 3 unspecified atom stereocenters. The van der Waals surface area contributed by atoms with Crippen LogP contribution in [0.5, 0.6) is 0 Å². The van der Waals surface area contributed by atoms with Crippen LogP contribution in [-0.4, -0.2) is 16.2 Å². The van der Waals surface area contributed by atoms with E-state index in [0.717, 1.165) is 0 Å². The van der Waals surface area contributed by atoms with Crippen LogP contribution < -0.4 is 0 Å². The van der Waals surface area contributed by atoms with Crippen LogP contribution in [0.25, 0.3) is 0 Å². The molecule has 1 N–H and O–H groups in total. The third-order valence-corrected chi connectivity index (χ3v) is 4.31. The summed E-state index contributed by atoms with van der Waals surface area (Å²) < 4.78 is 0. The van der Waals surface area contributed by atoms with E-state index in [4.69, 9.17) is 0 Å². The molecule has 0 amide bonds. The predicted molar refractivity (Wildman–Crippen MR) is 46.4 cm³/mol. The molecule has 1 rings (SSSR count). The Kier molecular flexibility index (Phi) is 2.49. The highest BCUT2D eigenvalue weighted by Crippen LogP contribution is 2.57. The minimum Gasteiger partial charge on any atom is -0.373 e. The van der Waals surface area contributed by atoms with Gasteiger partial charge in [0.1, 0.15) is 0 Å². The Balaban J connectivity index is 2.32. The number of rotatable bonds is 3. The molecular weight excluding hydrogens is 143 g/mol. The molecule has 0 aromatic heterocycles. The molecule has 1 aliphatic rings. The minimum absolute atomic E-state index is 0.463. The monoisotopic (exact) mass is 158 g/mol. The fourth-order valence-corrected chi connectivity index (χ4v) is 2.88. The van der Waals surface area contributed by atoms with Gasteiger partial charge in [-0.2, -0.15) is 0 Å². The van der Waals surface area contributed by atoms with Gasteiger partial charge in [0.15, 0.2) is 0 Å². The van der Waals surface area contributed by atoms with E-state index in [-0.39, 0.29) is 0 Å². The van der Waals surface area contributed by atoms with Gasteiger partial charge in [0, 0.05) is 13.8 Å². The summed E-state index contributed by atoms with van der Waals surface area (Å²) in [7, 11) is -0.704. The lowest BCUT2D eigenvalue weighted by Crippen LogP contribution is -1.96. The average Bonchev–Trinajstić information content (AvgIpc) is 2.64. The smallest absolute Gasteiger partial charge is 0.0315 e. The summed E-state index contributed by atoms with van der Waals surface area (Å²) >= 11 is 0. The molecule has 2 heteroatoms. The molecule has 3 atom stereocenters. The SMILES string of the molecule is C=CC1CC1P(O)C(C)C. The molecule has 0 bridgehead atoms. The van der Waals surface area contributed by atoms with Crippen LogP contribution in [0.2, 0.25) is 0 Å². The maximum atomic E-state index is 9.58. The largest absolute Gasteiger partial charge is 0.373 e. The molecular formula is C8H15OP. The standard InChI is InChI=1S/C8H15OP/c1-4-7-5-8(7)10(9)6(2)3/h4,6-9H,1,5H2,2-3H3. The predicted octanol–water partition coefficient (Wildman–Crippen LogP) is 2.36. The van der Waals surface area contributed by atoms with E-state index in [1.807, 2.05) is 6.08 Å². The van der Waals surface area contributed by atoms with Gasteiger partial charge in [-0.25, -0.2) is 0 Å². The third kappa shape index (κ3) is 1.59. The first-order valence-electron chi connectivity index (χ1n) is 3.76. The van der Waals surface area contributed by atoms with Crippen molar-refractivity contribution in [2.45, 2.75) is 31.6 Å². The van der Waals surface area contributed by atoms with Crippen LogP contribution in [0.3, 0.4) is 0 Å². The Hall–Kier alpha value is 0.130. The molecule has 1 saturated carbocycles. The molecule has 1 fully saturated rings. The van der Waals surface area contributed by atoms with Crippen LogP contribution in [-0.2, 0) is 0 Å². The highest BCUT2D eigenvalue weighted by molar-refractivity contribution is 7.53. The maximum absolute atomic E-state index is 9.58. The van der Waals surface area contributed by atoms with Crippen LogP contribution in [0.1, 0.15) is 20.3 Å². The lowest BCUT2D eigenvalue weighted by Gasteiger charge is -2.12. The molecule has 1 nitrogen and oxygen atoms in total. The van der Waals surface area contributed by atoms with Gasteiger partial charge in [-0.15, -0.1) is 6.58 Å². The zero-order valence-electron chi connectivity index (χ0n) is 6.62. The van der Waals surface area contributed by atoms with Gasteiger partial charge in [0.2, 0.25) is 0 Å². The summed E-state index contributed by atoms with van der Waals surface area (Å²) in [4.78, 5) is 9.58. The first kappa shape index (κ1) is 8.23. The number of hydrogen-bond acceptors (Lipinski definition) is 1. The van der Waals surface area contributed by atoms with Crippen LogP contribution in [0.15, 0.2) is 12.7 Å². The average molecular weight is 158 g/mol. The van der Waals surface area contributed by atoms with E-state index in [1.165, 1.54) is 6.42 Å². The second-order valence-corrected chi connectivity index (χ2v) is 5.63. The van der Waals surface area contributed by atoms with Gasteiger partial charge in [0.05, 0.1) is 0 Å². The molecule has 10 heavy (non-hydrogen) atoms. The number of allylic oxidation sites excluding steroid dienone is 1. The number of hydrogen-bond donors (Lipinski definition) is 1. The molecule has 0 radical (unpaired) electrons. The van der Waals surface area contributed by atoms with Gasteiger partial charge in [-0.05, 0) is 18.0 Å². The Morgan fingerprint density at radius 3 is 2.60 bits per heavy atom. The van der Waals surface area contributed by atoms with E-state index in [1.54, 1.807) is 0 Å². The van der Waals surface area contributed by atoms with Crippen molar-refractivity contribution >= 4 is 8.15 Å². The highest BCUT2D eigenvalue weighted by atomic mass is 31.1. The van der Waals surface area contributed by atoms with Crippen molar-refractivity contribution in [3.8, 4) is 0 Å². The van der Waals surface area contributed by atoms with Crippen LogP contribution in [0.4, 0.5) is 0 Å². The topological polar surface area (TPSA) is 20.2 Å². The summed E-state index contributed by atoms with van der Waals surface area (Å²) in [5, 5.41) is 0. The molecule has 1 aliphatic carbocycles. The Morgan fingerprint density at radius 2 is 2.30 bits per heavy atom. The summed E-state index contributed by atoms with van der Waals surface area (Å²) in [6.07, 6.45) is 3.14. The molecule has 0 saturated heterocycles. The van der Waals surface area contributed by atoms with Crippen LogP contribution >= 0.6 is 8.15 Å². The van der Waals surface area contributed by atoms with Gasteiger partial charge in [-0.1, -0.05) is 19.9 Å². The van der Waals surface area contributed by atoms with E-state index in [2.05, 4.69) is 20.4 Å². The molecule has 0 aromatic rings. The Labute approximate surface area is 64.0 Å². The molecule has 58 valence electrons. The first-order chi connectivity index (χ1) is 4.66. The normalized spacial score (nSPS) is 34.0. The van der Waals surface area contributed by atoms with Gasteiger partial charge < -0.3 is 4.89 Å². The quantitative estimate of drug-likeness (QED) is 0.493. The fraction of sp³-hybridized carbons (Fsp3) is 0.750. The Bertz CT molecular complexity index is 133. The first-order valence-corrected chi connectivity index (χ1v) is 5.20. The third-order valence-electron chi connectivity index (χ3n) is 1.98. The zero-order chi connectivity index (χ0) is 7.72. The molecule has 0 aliphatic heterocycles. The lowest BCUT2D eigenvalue weighted by atomic mass is 10.4. The summed E-state index contributed by atoms with van der Waals surface area (Å²) in [6, 6.07) is 0. The summed E-state index contributed by atoms with van der Waals surface area (Å²) in [5.74, 6) is 0.624. The van der Waals surface area contributed by atoms with Crippen molar-refractivity contribution in [1.82, 2.24) is 0 Å². The molecule has 0 heterocycles. The highest BCUT2D eigenvalue weighted by Gasteiger charge is 2.41. The maximum Gasteiger partial charge on any atom is 0.0315 e. The summed E-state index contributed by atoms with van der Waals surface area (Å²) in [6.45, 7) is 7.89. The lowest BCUT2D eigenvalue weighted by molar-refractivity contribution is 0.608.